The van der Waals surface area contributed by atoms with E-state index in [0.29, 0.717) is 32.5 Å². The highest BCUT2D eigenvalue weighted by molar-refractivity contribution is 7.86. The van der Waals surface area contributed by atoms with Crippen LogP contribution in [-0.2, 0) is 19.7 Å². The van der Waals surface area contributed by atoms with Crippen molar-refractivity contribution in [2.24, 2.45) is 11.8 Å². The Balaban J connectivity index is 2.03. The van der Waals surface area contributed by atoms with Gasteiger partial charge in [-0.3, -0.25) is 4.79 Å². The molecule has 21 heavy (non-hydrogen) atoms. The number of nitrogens with zero attached hydrogens (tertiary/aromatic N) is 2. The summed E-state index contributed by atoms with van der Waals surface area (Å²) in [4.78, 5) is 11.5. The van der Waals surface area contributed by atoms with Crippen LogP contribution in [0.3, 0.4) is 0 Å². The zero-order valence-corrected chi connectivity index (χ0v) is 13.4. The maximum Gasteiger partial charge on any atom is 0.308 e. The Kier molecular flexibility index (Phi) is 5.24. The van der Waals surface area contributed by atoms with E-state index in [-0.39, 0.29) is 30.5 Å². The van der Waals surface area contributed by atoms with Gasteiger partial charge >= 0.3 is 5.97 Å². The SMILES string of the molecule is COC(=O)C1CCN(S(=O)(=O)N2CCC(C)C2CO)CC1. The van der Waals surface area contributed by atoms with Gasteiger partial charge in [-0.2, -0.15) is 17.0 Å². The quantitative estimate of drug-likeness (QED) is 0.726. The number of aliphatic hydroxyl groups excluding tert-OH is 1. The molecule has 2 atom stereocenters. The van der Waals surface area contributed by atoms with Crippen LogP contribution in [0.5, 0.6) is 0 Å². The van der Waals surface area contributed by atoms with Gasteiger partial charge in [0.25, 0.3) is 10.2 Å². The van der Waals surface area contributed by atoms with Crippen molar-refractivity contribution < 1.29 is 23.1 Å². The van der Waals surface area contributed by atoms with Crippen molar-refractivity contribution in [3.8, 4) is 0 Å². The highest BCUT2D eigenvalue weighted by atomic mass is 32.2. The molecule has 1 N–H and O–H groups in total. The lowest BCUT2D eigenvalue weighted by molar-refractivity contribution is -0.146. The van der Waals surface area contributed by atoms with Crippen LogP contribution in [0.4, 0.5) is 0 Å². The summed E-state index contributed by atoms with van der Waals surface area (Å²) in [6.07, 6.45) is 1.74. The highest BCUT2D eigenvalue weighted by Gasteiger charge is 2.42. The lowest BCUT2D eigenvalue weighted by Gasteiger charge is -2.35. The number of carbonyl (C=O) groups excluding carboxylic acids is 1. The van der Waals surface area contributed by atoms with Crippen LogP contribution < -0.4 is 0 Å². The van der Waals surface area contributed by atoms with Crippen molar-refractivity contribution in [1.29, 1.82) is 0 Å². The van der Waals surface area contributed by atoms with Gasteiger partial charge in [0.15, 0.2) is 0 Å². The summed E-state index contributed by atoms with van der Waals surface area (Å²) in [5, 5.41) is 9.43. The summed E-state index contributed by atoms with van der Waals surface area (Å²) in [5.74, 6) is -0.319. The first-order valence-corrected chi connectivity index (χ1v) is 8.77. The van der Waals surface area contributed by atoms with Gasteiger partial charge in [0.05, 0.1) is 25.7 Å². The molecule has 0 bridgehead atoms. The molecular weight excluding hydrogens is 296 g/mol. The molecule has 7 nitrogen and oxygen atoms in total. The first-order valence-electron chi connectivity index (χ1n) is 7.37. The van der Waals surface area contributed by atoms with Crippen molar-refractivity contribution in [3.05, 3.63) is 0 Å². The van der Waals surface area contributed by atoms with Crippen molar-refractivity contribution >= 4 is 16.2 Å². The molecule has 0 saturated carbocycles. The summed E-state index contributed by atoms with van der Waals surface area (Å²) >= 11 is 0. The van der Waals surface area contributed by atoms with Crippen LogP contribution in [0.1, 0.15) is 26.2 Å². The molecular formula is C13H24N2O5S. The second kappa shape index (κ2) is 6.60. The smallest absolute Gasteiger partial charge is 0.308 e. The summed E-state index contributed by atoms with van der Waals surface area (Å²) in [6.45, 7) is 2.90. The molecule has 0 amide bonds. The first-order chi connectivity index (χ1) is 9.91. The average Bonchev–Trinajstić information content (AvgIpc) is 2.88. The number of carbonyl (C=O) groups is 1. The Labute approximate surface area is 126 Å². The molecule has 2 unspecified atom stereocenters. The number of hydrogen-bond acceptors (Lipinski definition) is 5. The average molecular weight is 320 g/mol. The largest absolute Gasteiger partial charge is 0.469 e. The maximum atomic E-state index is 12.7. The number of ether oxygens (including phenoxy) is 1. The van der Waals surface area contributed by atoms with Gasteiger partial charge in [-0.25, -0.2) is 0 Å². The third-order valence-corrected chi connectivity index (χ3v) is 6.69. The Morgan fingerprint density at radius 3 is 2.38 bits per heavy atom. The van der Waals surface area contributed by atoms with Crippen molar-refractivity contribution in [3.63, 3.8) is 0 Å². The number of rotatable bonds is 4. The fourth-order valence-electron chi connectivity index (χ4n) is 3.17. The normalized spacial score (nSPS) is 29.7. The van der Waals surface area contributed by atoms with Crippen LogP contribution in [0, 0.1) is 11.8 Å². The number of piperidine rings is 1. The van der Waals surface area contributed by atoms with Crippen LogP contribution in [0.25, 0.3) is 0 Å². The van der Waals surface area contributed by atoms with Crippen molar-refractivity contribution in [2.45, 2.75) is 32.2 Å². The molecule has 122 valence electrons. The van der Waals surface area contributed by atoms with E-state index in [1.807, 2.05) is 6.92 Å². The second-order valence-corrected chi connectivity index (χ2v) is 7.71. The summed E-state index contributed by atoms with van der Waals surface area (Å²) in [7, 11) is -2.21. The molecule has 2 rings (SSSR count). The lowest BCUT2D eigenvalue weighted by atomic mass is 9.99. The predicted molar refractivity (Wildman–Crippen MR) is 76.6 cm³/mol. The van der Waals surface area contributed by atoms with E-state index in [9.17, 15) is 18.3 Å². The van der Waals surface area contributed by atoms with Gasteiger partial charge in [-0.1, -0.05) is 6.92 Å². The number of aliphatic hydroxyl groups is 1. The highest BCUT2D eigenvalue weighted by Crippen LogP contribution is 2.30. The van der Waals surface area contributed by atoms with Gasteiger partial charge in [-0.05, 0) is 25.2 Å². The van der Waals surface area contributed by atoms with Crippen LogP contribution in [0.2, 0.25) is 0 Å². The Morgan fingerprint density at radius 1 is 1.24 bits per heavy atom. The molecule has 8 heteroatoms. The topological polar surface area (TPSA) is 87.2 Å². The predicted octanol–water partition coefficient (Wildman–Crippen LogP) is -0.181. The Morgan fingerprint density at radius 2 is 1.86 bits per heavy atom. The van der Waals surface area contributed by atoms with E-state index in [0.717, 1.165) is 6.42 Å². The zero-order chi connectivity index (χ0) is 15.6. The third-order valence-electron chi connectivity index (χ3n) is 4.63. The Bertz CT molecular complexity index is 473. The standard InChI is InChI=1S/C13H24N2O5S/c1-10-3-8-15(12(10)9-16)21(18,19)14-6-4-11(5-7-14)13(17)20-2/h10-12,16H,3-9H2,1-2H3. The molecule has 0 spiro atoms. The van der Waals surface area contributed by atoms with E-state index in [1.165, 1.54) is 15.7 Å². The van der Waals surface area contributed by atoms with E-state index < -0.39 is 10.2 Å². The summed E-state index contributed by atoms with van der Waals surface area (Å²) in [6, 6.07) is -0.340. The van der Waals surface area contributed by atoms with Gasteiger partial charge in [0.1, 0.15) is 0 Å². The fraction of sp³-hybridized carbons (Fsp3) is 0.923. The van der Waals surface area contributed by atoms with E-state index in [2.05, 4.69) is 0 Å². The van der Waals surface area contributed by atoms with E-state index in [1.54, 1.807) is 0 Å². The van der Waals surface area contributed by atoms with Gasteiger partial charge < -0.3 is 9.84 Å². The summed E-state index contributed by atoms with van der Waals surface area (Å²) < 4.78 is 32.9. The molecule has 0 aromatic rings. The molecule has 0 aromatic carbocycles. The molecule has 2 fully saturated rings. The molecule has 2 heterocycles. The zero-order valence-electron chi connectivity index (χ0n) is 12.6. The van der Waals surface area contributed by atoms with Gasteiger partial charge in [0.2, 0.25) is 0 Å². The first kappa shape index (κ1) is 16.7. The molecule has 0 aliphatic carbocycles. The van der Waals surface area contributed by atoms with Gasteiger partial charge in [-0.15, -0.1) is 0 Å². The summed E-state index contributed by atoms with van der Waals surface area (Å²) in [5.41, 5.74) is 0. The second-order valence-electron chi connectivity index (χ2n) is 5.83. The fourth-order valence-corrected chi connectivity index (χ4v) is 5.09. The molecule has 2 aliphatic heterocycles. The van der Waals surface area contributed by atoms with Crippen LogP contribution in [-0.4, -0.2) is 67.5 Å². The van der Waals surface area contributed by atoms with Crippen LogP contribution >= 0.6 is 0 Å². The Hall–Kier alpha value is -0.700. The van der Waals surface area contributed by atoms with Crippen molar-refractivity contribution in [2.75, 3.05) is 33.4 Å². The maximum absolute atomic E-state index is 12.7. The minimum absolute atomic E-state index is 0.154. The minimum Gasteiger partial charge on any atom is -0.469 e. The molecule has 2 saturated heterocycles. The third kappa shape index (κ3) is 3.23. The van der Waals surface area contributed by atoms with E-state index in [4.69, 9.17) is 4.74 Å². The monoisotopic (exact) mass is 320 g/mol. The van der Waals surface area contributed by atoms with Gasteiger partial charge in [0, 0.05) is 19.6 Å². The minimum atomic E-state index is -3.56. The molecule has 0 aromatic heterocycles. The van der Waals surface area contributed by atoms with Crippen molar-refractivity contribution in [1.82, 2.24) is 8.61 Å². The lowest BCUT2D eigenvalue weighted by Crippen LogP contribution is -2.50. The van der Waals surface area contributed by atoms with Crippen LogP contribution in [0.15, 0.2) is 0 Å². The molecule has 0 radical (unpaired) electrons. The molecule has 2 aliphatic rings. The van der Waals surface area contributed by atoms with E-state index >= 15 is 0 Å². The number of methoxy groups -OCH3 is 1. The number of hydrogen-bond donors (Lipinski definition) is 1. The number of esters is 1.